The Bertz CT molecular complexity index is 821. The number of nitrogens with zero attached hydrogens (tertiary/aromatic N) is 1. The van der Waals surface area contributed by atoms with Crippen molar-refractivity contribution in [1.82, 2.24) is 4.90 Å². The van der Waals surface area contributed by atoms with E-state index in [0.29, 0.717) is 29.2 Å². The van der Waals surface area contributed by atoms with Crippen LogP contribution in [0.1, 0.15) is 71.3 Å². The van der Waals surface area contributed by atoms with Crippen molar-refractivity contribution in [2.45, 2.75) is 78.2 Å². The fourth-order valence-electron chi connectivity index (χ4n) is 8.93. The first-order chi connectivity index (χ1) is 14.2. The van der Waals surface area contributed by atoms with Crippen molar-refractivity contribution in [1.29, 1.82) is 0 Å². The lowest BCUT2D eigenvalue weighted by atomic mass is 9.42. The van der Waals surface area contributed by atoms with Gasteiger partial charge in [-0.2, -0.15) is 0 Å². The number of fused-ring (bicyclic) bond motifs is 5. The number of likely N-dealkylation sites (tertiary alicyclic amines) is 1. The van der Waals surface area contributed by atoms with E-state index in [1.54, 1.807) is 0 Å². The minimum Gasteiger partial charge on any atom is -0.342 e. The van der Waals surface area contributed by atoms with Crippen LogP contribution in [0.4, 0.5) is 0 Å². The molecule has 164 valence electrons. The van der Waals surface area contributed by atoms with Crippen molar-refractivity contribution in [3.05, 3.63) is 34.9 Å². The molecule has 0 unspecified atom stereocenters. The topological polar surface area (TPSA) is 20.3 Å². The Morgan fingerprint density at radius 1 is 1.07 bits per heavy atom. The predicted molar refractivity (Wildman–Crippen MR) is 123 cm³/mol. The molecule has 5 rings (SSSR count). The summed E-state index contributed by atoms with van der Waals surface area (Å²) in [5.74, 6) is 3.98. The summed E-state index contributed by atoms with van der Waals surface area (Å²) in [5, 5.41) is 0.805. The zero-order valence-corrected chi connectivity index (χ0v) is 19.9. The molecule has 3 heteroatoms. The predicted octanol–water partition coefficient (Wildman–Crippen LogP) is 6.61. The summed E-state index contributed by atoms with van der Waals surface area (Å²) in [4.78, 5) is 15.0. The van der Waals surface area contributed by atoms with Gasteiger partial charge in [0, 0.05) is 24.5 Å². The molecule has 0 radical (unpaired) electrons. The second-order valence-corrected chi connectivity index (χ2v) is 12.1. The third kappa shape index (κ3) is 2.99. The van der Waals surface area contributed by atoms with E-state index >= 15 is 0 Å². The van der Waals surface area contributed by atoms with Gasteiger partial charge >= 0.3 is 0 Å². The first kappa shape index (κ1) is 20.9. The van der Waals surface area contributed by atoms with Crippen LogP contribution in [0, 0.1) is 40.4 Å². The van der Waals surface area contributed by atoms with Gasteiger partial charge in [0.2, 0.25) is 5.91 Å². The third-order valence-electron chi connectivity index (χ3n) is 10.4. The molecule has 30 heavy (non-hydrogen) atoms. The molecule has 4 fully saturated rings. The van der Waals surface area contributed by atoms with Crippen LogP contribution in [0.15, 0.2) is 24.3 Å². The molecular weight excluding hydrogens is 390 g/mol. The summed E-state index contributed by atoms with van der Waals surface area (Å²) in [6.45, 7) is 7.68. The maximum atomic E-state index is 12.8. The summed E-state index contributed by atoms with van der Waals surface area (Å²) in [5.41, 5.74) is 2.18. The van der Waals surface area contributed by atoms with Crippen molar-refractivity contribution < 1.29 is 4.79 Å². The van der Waals surface area contributed by atoms with Gasteiger partial charge < -0.3 is 4.90 Å². The molecule has 0 aromatic heterocycles. The number of hydrogen-bond donors (Lipinski definition) is 0. The maximum absolute atomic E-state index is 12.8. The van der Waals surface area contributed by atoms with Gasteiger partial charge in [0.15, 0.2) is 0 Å². The number of carbonyl (C=O) groups is 1. The Balaban J connectivity index is 1.57. The van der Waals surface area contributed by atoms with Crippen molar-refractivity contribution in [3.63, 3.8) is 0 Å². The highest BCUT2D eigenvalue weighted by Crippen LogP contribution is 2.67. The summed E-state index contributed by atoms with van der Waals surface area (Å²) >= 11 is 6.17. The molecule has 1 amide bonds. The Morgan fingerprint density at radius 2 is 1.80 bits per heavy atom. The average molecular weight is 428 g/mol. The number of rotatable bonds is 2. The van der Waals surface area contributed by atoms with Gasteiger partial charge in [-0.25, -0.2) is 0 Å². The van der Waals surface area contributed by atoms with E-state index < -0.39 is 0 Å². The van der Waals surface area contributed by atoms with Crippen LogP contribution in [0.5, 0.6) is 0 Å². The molecule has 1 saturated heterocycles. The van der Waals surface area contributed by atoms with Gasteiger partial charge in [0.1, 0.15) is 0 Å². The second-order valence-electron chi connectivity index (χ2n) is 11.7. The van der Waals surface area contributed by atoms with Crippen LogP contribution >= 0.6 is 11.6 Å². The van der Waals surface area contributed by atoms with E-state index in [1.165, 1.54) is 37.7 Å². The summed E-state index contributed by atoms with van der Waals surface area (Å²) in [6, 6.07) is 8.80. The van der Waals surface area contributed by atoms with Crippen LogP contribution in [0.2, 0.25) is 5.02 Å². The first-order valence-corrected chi connectivity index (χ1v) is 12.6. The molecule has 3 saturated carbocycles. The Hall–Kier alpha value is -1.02. The molecule has 2 nitrogen and oxygen atoms in total. The summed E-state index contributed by atoms with van der Waals surface area (Å²) in [7, 11) is 2.09. The fraction of sp³-hybridized carbons (Fsp3) is 0.741. The number of halogens is 1. The largest absolute Gasteiger partial charge is 0.342 e. The van der Waals surface area contributed by atoms with Crippen molar-refractivity contribution in [3.8, 4) is 0 Å². The van der Waals surface area contributed by atoms with Crippen LogP contribution in [0.3, 0.4) is 0 Å². The Kier molecular flexibility index (Phi) is 5.05. The standard InChI is InChI=1S/C27H38ClNO/c1-17-20(16-18-7-9-19(28)10-8-18)25-27(3,15-12-23(30)29(25)4)22-11-14-26(2)13-5-6-21(26)24(17)22/h7-10,17,20-22,24-25H,5-6,11-16H2,1-4H3/t17-,20+,21-,22-,24-,25+,26-,27+/m0/s1. The molecule has 3 aliphatic carbocycles. The number of benzene rings is 1. The maximum Gasteiger partial charge on any atom is 0.222 e. The zero-order valence-electron chi connectivity index (χ0n) is 19.2. The molecule has 1 aliphatic heterocycles. The van der Waals surface area contributed by atoms with Crippen LogP contribution in [0.25, 0.3) is 0 Å². The lowest BCUT2D eigenvalue weighted by molar-refractivity contribution is -0.180. The van der Waals surface area contributed by atoms with Gasteiger partial charge in [0.05, 0.1) is 0 Å². The monoisotopic (exact) mass is 427 g/mol. The fourth-order valence-corrected chi connectivity index (χ4v) is 9.06. The minimum atomic E-state index is 0.251. The second kappa shape index (κ2) is 7.26. The highest BCUT2D eigenvalue weighted by Gasteiger charge is 2.63. The van der Waals surface area contributed by atoms with Crippen LogP contribution in [-0.4, -0.2) is 23.9 Å². The molecule has 1 aromatic carbocycles. The van der Waals surface area contributed by atoms with Gasteiger partial charge in [-0.05, 0) is 96.6 Å². The lowest BCUT2D eigenvalue weighted by Crippen LogP contribution is -2.67. The first-order valence-electron chi connectivity index (χ1n) is 12.2. The molecule has 0 N–H and O–H groups in total. The number of amides is 1. The lowest BCUT2D eigenvalue weighted by Gasteiger charge is -2.66. The summed E-state index contributed by atoms with van der Waals surface area (Å²) < 4.78 is 0. The molecule has 0 bridgehead atoms. The summed E-state index contributed by atoms with van der Waals surface area (Å²) in [6.07, 6.45) is 9.89. The van der Waals surface area contributed by atoms with Crippen molar-refractivity contribution in [2.24, 2.45) is 40.4 Å². The molecular formula is C27H38ClNO. The number of piperidine rings is 1. The Labute approximate surface area is 187 Å². The van der Waals surface area contributed by atoms with Gasteiger partial charge in [-0.3, -0.25) is 4.79 Å². The third-order valence-corrected chi connectivity index (χ3v) is 10.6. The molecule has 1 aromatic rings. The van der Waals surface area contributed by atoms with Crippen LogP contribution < -0.4 is 0 Å². The quantitative estimate of drug-likeness (QED) is 0.520. The highest BCUT2D eigenvalue weighted by atomic mass is 35.5. The van der Waals surface area contributed by atoms with Crippen molar-refractivity contribution in [2.75, 3.05) is 7.05 Å². The van der Waals surface area contributed by atoms with E-state index in [0.717, 1.165) is 42.0 Å². The van der Waals surface area contributed by atoms with Gasteiger partial charge in [-0.15, -0.1) is 0 Å². The average Bonchev–Trinajstić information content (AvgIpc) is 3.11. The zero-order chi connectivity index (χ0) is 21.3. The molecule has 8 atom stereocenters. The highest BCUT2D eigenvalue weighted by molar-refractivity contribution is 6.30. The van der Waals surface area contributed by atoms with E-state index in [1.807, 2.05) is 12.1 Å². The number of carbonyl (C=O) groups excluding carboxylic acids is 1. The molecule has 0 spiro atoms. The minimum absolute atomic E-state index is 0.251. The number of hydrogen-bond acceptors (Lipinski definition) is 1. The normalized spacial score (nSPS) is 45.6. The van der Waals surface area contributed by atoms with E-state index in [9.17, 15) is 4.79 Å². The van der Waals surface area contributed by atoms with E-state index in [4.69, 9.17) is 11.6 Å². The van der Waals surface area contributed by atoms with Crippen molar-refractivity contribution >= 4 is 17.5 Å². The van der Waals surface area contributed by atoms with Gasteiger partial charge in [0.25, 0.3) is 0 Å². The van der Waals surface area contributed by atoms with Crippen LogP contribution in [-0.2, 0) is 11.2 Å². The smallest absolute Gasteiger partial charge is 0.222 e. The SMILES string of the molecule is C[C@H]1[C@@H](Cc2ccc(Cl)cc2)[C@H]2N(C)C(=O)CC[C@]2(C)[C@H]2CC[C@]3(C)CCC[C@H]3[C@H]12. The Morgan fingerprint density at radius 3 is 2.53 bits per heavy atom. The van der Waals surface area contributed by atoms with Gasteiger partial charge in [-0.1, -0.05) is 50.9 Å². The van der Waals surface area contributed by atoms with E-state index in [2.05, 4.69) is 44.9 Å². The molecule has 1 heterocycles. The molecule has 4 aliphatic rings. The van der Waals surface area contributed by atoms with E-state index in [-0.39, 0.29) is 5.41 Å².